The highest BCUT2D eigenvalue weighted by Gasteiger charge is 2.27. The van der Waals surface area contributed by atoms with Crippen molar-refractivity contribution in [2.45, 2.75) is 72.1 Å². The van der Waals surface area contributed by atoms with Crippen molar-refractivity contribution in [2.75, 3.05) is 13.1 Å². The van der Waals surface area contributed by atoms with Gasteiger partial charge in [-0.3, -0.25) is 0 Å². The number of nitrogens with zero attached hydrogens (tertiary/aromatic N) is 1. The van der Waals surface area contributed by atoms with Crippen molar-refractivity contribution in [3.63, 3.8) is 0 Å². The first-order chi connectivity index (χ1) is 8.30. The zero-order valence-electron chi connectivity index (χ0n) is 13.0. The molecule has 0 spiro atoms. The number of rotatable bonds is 1. The zero-order valence-corrected chi connectivity index (χ0v) is 14.0. The fourth-order valence-electron chi connectivity index (χ4n) is 1.42. The van der Waals surface area contributed by atoms with Crippen LogP contribution < -0.4 is 0 Å². The molecule has 0 aromatic heterocycles. The van der Waals surface area contributed by atoms with E-state index < -0.39 is 17.9 Å². The number of unbranched alkanes of at least 4 members (excludes halogenated alkanes) is 1. The van der Waals surface area contributed by atoms with Gasteiger partial charge in [-0.05, 0) is 33.6 Å². The van der Waals surface area contributed by atoms with Gasteiger partial charge in [-0.15, -0.1) is 0 Å². The van der Waals surface area contributed by atoms with Crippen molar-refractivity contribution in [3.8, 4) is 0 Å². The monoisotopic (exact) mass is 295 g/mol. The van der Waals surface area contributed by atoms with Crippen molar-refractivity contribution in [2.24, 2.45) is 0 Å². The molecule has 1 aliphatic heterocycles. The number of alkyl halides is 1. The van der Waals surface area contributed by atoms with E-state index in [-0.39, 0.29) is 20.0 Å². The molecular weight excluding hydrogens is 265 g/mol. The molecule has 0 aromatic rings. The first-order valence-electron chi connectivity index (χ1n) is 6.92. The van der Waals surface area contributed by atoms with Gasteiger partial charge in [0, 0.05) is 6.54 Å². The fraction of sp³-hybridized carbons (Fsp3) is 0.929. The van der Waals surface area contributed by atoms with Gasteiger partial charge < -0.3 is 9.64 Å². The smallest absolute Gasteiger partial charge is 0.410 e. The van der Waals surface area contributed by atoms with Crippen LogP contribution in [0.3, 0.4) is 0 Å². The van der Waals surface area contributed by atoms with Crippen molar-refractivity contribution >= 4 is 19.6 Å². The topological polar surface area (TPSA) is 29.5 Å². The van der Waals surface area contributed by atoms with Gasteiger partial charge in [0.05, 0.1) is 6.54 Å². The molecule has 0 bridgehead atoms. The predicted octanol–water partition coefficient (Wildman–Crippen LogP) is 4.27. The third kappa shape index (κ3) is 11.1. The van der Waals surface area contributed by atoms with E-state index >= 15 is 0 Å². The molecule has 5 heteroatoms. The van der Waals surface area contributed by atoms with Crippen LogP contribution in [0.15, 0.2) is 0 Å². The molecule has 3 nitrogen and oxygen atoms in total. The van der Waals surface area contributed by atoms with E-state index in [0.717, 1.165) is 6.42 Å². The molecule has 1 amide bonds. The molecule has 0 aromatic carbocycles. The minimum absolute atomic E-state index is 0. The van der Waals surface area contributed by atoms with Gasteiger partial charge in [0.25, 0.3) is 0 Å². The Balaban J connectivity index is 0. The van der Waals surface area contributed by atoms with Gasteiger partial charge >= 0.3 is 6.09 Å². The lowest BCUT2D eigenvalue weighted by Crippen LogP contribution is -2.43. The lowest BCUT2D eigenvalue weighted by atomic mass is 10.1. The Morgan fingerprint density at radius 2 is 1.84 bits per heavy atom. The number of hydrogen-bond acceptors (Lipinski definition) is 2. The van der Waals surface area contributed by atoms with Crippen molar-refractivity contribution in [1.82, 2.24) is 4.90 Å². The van der Waals surface area contributed by atoms with Gasteiger partial charge in [-0.2, -0.15) is 13.5 Å². The fourth-order valence-corrected chi connectivity index (χ4v) is 1.42. The van der Waals surface area contributed by atoms with Crippen LogP contribution in [0.2, 0.25) is 0 Å². The molecule has 0 unspecified atom stereocenters. The van der Waals surface area contributed by atoms with Crippen LogP contribution in [0.5, 0.6) is 0 Å². The summed E-state index contributed by atoms with van der Waals surface area (Å²) in [6.45, 7) is 10.6. The number of carbonyl (C=O) groups is 1. The number of hydrogen-bond donors (Lipinski definition) is 0. The highest BCUT2D eigenvalue weighted by atomic mass is 32.1. The largest absolute Gasteiger partial charge is 0.444 e. The van der Waals surface area contributed by atoms with Crippen LogP contribution in [0, 0.1) is 0 Å². The van der Waals surface area contributed by atoms with E-state index in [4.69, 9.17) is 4.74 Å². The number of amides is 1. The maximum absolute atomic E-state index is 13.0. The number of likely N-dealkylation sites (tertiary alicyclic amines) is 1. The van der Waals surface area contributed by atoms with E-state index in [1.807, 2.05) is 20.8 Å². The second-order valence-corrected chi connectivity index (χ2v) is 5.67. The lowest BCUT2D eigenvalue weighted by molar-refractivity contribution is 0.0139. The number of piperidine rings is 1. The average molecular weight is 295 g/mol. The van der Waals surface area contributed by atoms with Crippen molar-refractivity contribution < 1.29 is 13.9 Å². The van der Waals surface area contributed by atoms with Crippen molar-refractivity contribution in [1.29, 1.82) is 0 Å². The zero-order chi connectivity index (χ0) is 14.2. The summed E-state index contributed by atoms with van der Waals surface area (Å²) < 4.78 is 18.1. The first-order valence-corrected chi connectivity index (χ1v) is 6.92. The Morgan fingerprint density at radius 3 is 2.21 bits per heavy atom. The van der Waals surface area contributed by atoms with E-state index in [9.17, 15) is 9.18 Å². The van der Waals surface area contributed by atoms with Crippen LogP contribution in [-0.2, 0) is 4.74 Å². The van der Waals surface area contributed by atoms with Gasteiger partial charge in [0.15, 0.2) is 0 Å². The summed E-state index contributed by atoms with van der Waals surface area (Å²) in [6, 6.07) is 0. The maximum Gasteiger partial charge on any atom is 0.410 e. The average Bonchev–Trinajstić information content (AvgIpc) is 2.27. The molecule has 0 saturated carbocycles. The SMILES string of the molecule is CC(C)(C)OC(=O)N1CCC[C@@H](F)C1.CCCC.S. The Hall–Kier alpha value is -0.450. The maximum atomic E-state index is 13.0. The minimum Gasteiger partial charge on any atom is -0.444 e. The number of halogens is 1. The summed E-state index contributed by atoms with van der Waals surface area (Å²) >= 11 is 0. The third-order valence-electron chi connectivity index (χ3n) is 2.52. The van der Waals surface area contributed by atoms with E-state index in [0.29, 0.717) is 13.0 Å². The summed E-state index contributed by atoms with van der Waals surface area (Å²) in [6.07, 6.45) is 2.62. The second kappa shape index (κ2) is 10.4. The quantitative estimate of drug-likeness (QED) is 0.723. The Kier molecular flexibility index (Phi) is 11.4. The molecule has 1 rings (SSSR count). The summed E-state index contributed by atoms with van der Waals surface area (Å²) in [5.74, 6) is 0. The Labute approximate surface area is 124 Å². The molecule has 0 radical (unpaired) electrons. The molecular formula is C14H30FNO2S. The molecule has 0 aliphatic carbocycles. The Bertz CT molecular complexity index is 242. The molecule has 1 aliphatic rings. The molecule has 1 saturated heterocycles. The third-order valence-corrected chi connectivity index (χ3v) is 2.52. The molecule has 1 heterocycles. The number of ether oxygens (including phenoxy) is 1. The summed E-state index contributed by atoms with van der Waals surface area (Å²) in [7, 11) is 0. The molecule has 0 N–H and O–H groups in total. The highest BCUT2D eigenvalue weighted by molar-refractivity contribution is 7.59. The standard InChI is InChI=1S/C10H18FNO2.C4H10.H2S/c1-10(2,3)14-9(13)12-6-4-5-8(11)7-12;1-3-4-2;/h8H,4-7H2,1-3H3;3-4H2,1-2H3;1H2/t8-;;/m1../s1. The normalized spacial score (nSPS) is 18.8. The second-order valence-electron chi connectivity index (χ2n) is 5.67. The van der Waals surface area contributed by atoms with Crippen LogP contribution in [0.1, 0.15) is 60.3 Å². The first kappa shape index (κ1) is 20.9. The minimum atomic E-state index is -0.892. The summed E-state index contributed by atoms with van der Waals surface area (Å²) in [4.78, 5) is 12.9. The van der Waals surface area contributed by atoms with Crippen molar-refractivity contribution in [3.05, 3.63) is 0 Å². The van der Waals surface area contributed by atoms with E-state index in [1.54, 1.807) is 0 Å². The molecule has 116 valence electrons. The molecule has 1 fully saturated rings. The molecule has 19 heavy (non-hydrogen) atoms. The molecule has 1 atom stereocenters. The van der Waals surface area contributed by atoms with Gasteiger partial charge in [0.1, 0.15) is 11.8 Å². The summed E-state index contributed by atoms with van der Waals surface area (Å²) in [5.41, 5.74) is -0.500. The van der Waals surface area contributed by atoms with Gasteiger partial charge in [0.2, 0.25) is 0 Å². The number of carbonyl (C=O) groups excluding carboxylic acids is 1. The van der Waals surface area contributed by atoms with Crippen LogP contribution >= 0.6 is 13.5 Å². The van der Waals surface area contributed by atoms with Gasteiger partial charge in [-0.1, -0.05) is 26.7 Å². The van der Waals surface area contributed by atoms with Crippen LogP contribution in [-0.4, -0.2) is 35.9 Å². The highest BCUT2D eigenvalue weighted by Crippen LogP contribution is 2.16. The van der Waals surface area contributed by atoms with Crippen LogP contribution in [0.4, 0.5) is 9.18 Å². The van der Waals surface area contributed by atoms with Gasteiger partial charge in [-0.25, -0.2) is 9.18 Å². The van der Waals surface area contributed by atoms with E-state index in [1.165, 1.54) is 17.7 Å². The Morgan fingerprint density at radius 1 is 1.32 bits per heavy atom. The lowest BCUT2D eigenvalue weighted by Gasteiger charge is -2.31. The van der Waals surface area contributed by atoms with E-state index in [2.05, 4.69) is 13.8 Å². The predicted molar refractivity (Wildman–Crippen MR) is 82.9 cm³/mol. The summed E-state index contributed by atoms with van der Waals surface area (Å²) in [5, 5.41) is 0. The van der Waals surface area contributed by atoms with Crippen LogP contribution in [0.25, 0.3) is 0 Å².